The molecule has 1 N–H and O–H groups in total. The fraction of sp³-hybridized carbons (Fsp3) is 0.231. The Kier molecular flexibility index (Phi) is 3.99. The summed E-state index contributed by atoms with van der Waals surface area (Å²) in [4.78, 5) is 7.34. The van der Waals surface area contributed by atoms with Gasteiger partial charge in [-0.1, -0.05) is 5.21 Å². The molecule has 0 saturated heterocycles. The van der Waals surface area contributed by atoms with Crippen LogP contribution in [0, 0.1) is 6.92 Å². The van der Waals surface area contributed by atoms with Gasteiger partial charge in [-0.05, 0) is 24.4 Å². The summed E-state index contributed by atoms with van der Waals surface area (Å²) >= 11 is 1.50. The second kappa shape index (κ2) is 5.95. The summed E-state index contributed by atoms with van der Waals surface area (Å²) in [5.74, 6) is 0.139. The van der Waals surface area contributed by atoms with Gasteiger partial charge in [0.15, 0.2) is 0 Å². The highest BCUT2D eigenvalue weighted by Crippen LogP contribution is 2.28. The fourth-order valence-corrected chi connectivity index (χ4v) is 2.52. The van der Waals surface area contributed by atoms with Crippen molar-refractivity contribution >= 4 is 17.2 Å². The molecule has 120 valence electrons. The molecule has 6 nitrogen and oxygen atoms in total. The summed E-state index contributed by atoms with van der Waals surface area (Å²) in [6, 6.07) is 4.65. The molecule has 0 bridgehead atoms. The number of rotatable bonds is 4. The molecular formula is C13H11F3N6S. The van der Waals surface area contributed by atoms with E-state index in [-0.39, 0.29) is 18.2 Å². The molecule has 0 unspecified atom stereocenters. The number of aromatic nitrogens is 5. The van der Waals surface area contributed by atoms with Gasteiger partial charge >= 0.3 is 6.18 Å². The molecule has 0 radical (unpaired) electrons. The summed E-state index contributed by atoms with van der Waals surface area (Å²) < 4.78 is 39.8. The first-order valence-corrected chi connectivity index (χ1v) is 7.41. The van der Waals surface area contributed by atoms with Gasteiger partial charge in [0.2, 0.25) is 0 Å². The molecule has 0 aliphatic carbocycles. The van der Waals surface area contributed by atoms with Crippen LogP contribution in [-0.4, -0.2) is 25.0 Å². The van der Waals surface area contributed by atoms with E-state index in [9.17, 15) is 13.2 Å². The van der Waals surface area contributed by atoms with Gasteiger partial charge in [-0.2, -0.15) is 13.2 Å². The van der Waals surface area contributed by atoms with E-state index in [1.54, 1.807) is 10.9 Å². The van der Waals surface area contributed by atoms with Crippen LogP contribution in [0.25, 0.3) is 5.00 Å². The van der Waals surface area contributed by atoms with E-state index in [2.05, 4.69) is 25.6 Å². The zero-order valence-electron chi connectivity index (χ0n) is 11.9. The Morgan fingerprint density at radius 3 is 2.83 bits per heavy atom. The Morgan fingerprint density at radius 2 is 2.13 bits per heavy atom. The van der Waals surface area contributed by atoms with Crippen molar-refractivity contribution in [2.24, 2.45) is 0 Å². The number of hydrogen-bond acceptors (Lipinski definition) is 6. The molecule has 23 heavy (non-hydrogen) atoms. The zero-order valence-corrected chi connectivity index (χ0v) is 12.7. The molecule has 3 heterocycles. The first-order chi connectivity index (χ1) is 10.9. The van der Waals surface area contributed by atoms with E-state index >= 15 is 0 Å². The molecule has 0 amide bonds. The lowest BCUT2D eigenvalue weighted by molar-refractivity contribution is -0.141. The quantitative estimate of drug-likeness (QED) is 0.790. The van der Waals surface area contributed by atoms with Crippen molar-refractivity contribution in [2.75, 3.05) is 5.32 Å². The third kappa shape index (κ3) is 3.65. The van der Waals surface area contributed by atoms with Crippen LogP contribution >= 0.6 is 11.3 Å². The topological polar surface area (TPSA) is 68.5 Å². The SMILES string of the molecule is Cc1nc(NCc2cn(-c3cccs3)nn2)cc(C(F)(F)F)n1. The second-order valence-corrected chi connectivity index (χ2v) is 5.57. The molecule has 3 aromatic rings. The minimum absolute atomic E-state index is 0.0459. The van der Waals surface area contributed by atoms with Gasteiger partial charge in [0, 0.05) is 6.07 Å². The number of nitrogens with one attached hydrogen (secondary N) is 1. The van der Waals surface area contributed by atoms with Crippen LogP contribution in [0.2, 0.25) is 0 Å². The number of anilines is 1. The minimum Gasteiger partial charge on any atom is -0.364 e. The highest BCUT2D eigenvalue weighted by molar-refractivity contribution is 7.12. The van der Waals surface area contributed by atoms with Gasteiger partial charge < -0.3 is 5.32 Å². The number of hydrogen-bond donors (Lipinski definition) is 1. The summed E-state index contributed by atoms with van der Waals surface area (Å²) in [5, 5.41) is 13.6. The smallest absolute Gasteiger partial charge is 0.364 e. The zero-order chi connectivity index (χ0) is 16.4. The summed E-state index contributed by atoms with van der Waals surface area (Å²) in [6.45, 7) is 1.62. The Balaban J connectivity index is 1.72. The van der Waals surface area contributed by atoms with Crippen LogP contribution in [0.15, 0.2) is 29.8 Å². The first kappa shape index (κ1) is 15.4. The van der Waals surface area contributed by atoms with Gasteiger partial charge in [-0.25, -0.2) is 14.6 Å². The summed E-state index contributed by atoms with van der Waals surface area (Å²) in [6.07, 6.45) is -2.80. The lowest BCUT2D eigenvalue weighted by Crippen LogP contribution is -2.12. The average molecular weight is 340 g/mol. The number of thiophene rings is 1. The van der Waals surface area contributed by atoms with Crippen LogP contribution in [0.3, 0.4) is 0 Å². The van der Waals surface area contributed by atoms with Crippen molar-refractivity contribution in [1.29, 1.82) is 0 Å². The lowest BCUT2D eigenvalue weighted by atomic mass is 10.3. The second-order valence-electron chi connectivity index (χ2n) is 4.64. The van der Waals surface area contributed by atoms with E-state index in [1.165, 1.54) is 18.3 Å². The molecular weight excluding hydrogens is 329 g/mol. The van der Waals surface area contributed by atoms with Crippen molar-refractivity contribution in [1.82, 2.24) is 25.0 Å². The highest BCUT2D eigenvalue weighted by Gasteiger charge is 2.33. The molecule has 3 aromatic heterocycles. The maximum Gasteiger partial charge on any atom is 0.433 e. The first-order valence-electron chi connectivity index (χ1n) is 6.54. The van der Waals surface area contributed by atoms with E-state index in [1.807, 2.05) is 17.5 Å². The Morgan fingerprint density at radius 1 is 1.30 bits per heavy atom. The Labute approximate surface area is 133 Å². The van der Waals surface area contributed by atoms with E-state index in [0.29, 0.717) is 5.69 Å². The monoisotopic (exact) mass is 340 g/mol. The standard InChI is InChI=1S/C13H11F3N6S/c1-8-18-10(13(14,15)16)5-11(19-8)17-6-9-7-22(21-20-9)12-3-2-4-23-12/h2-5,7H,6H2,1H3,(H,17,18,19). The van der Waals surface area contributed by atoms with Crippen LogP contribution < -0.4 is 5.32 Å². The Bertz CT molecular complexity index is 796. The van der Waals surface area contributed by atoms with Gasteiger partial charge in [0.1, 0.15) is 28.0 Å². The van der Waals surface area contributed by atoms with Crippen LogP contribution in [0.5, 0.6) is 0 Å². The Hall–Kier alpha value is -2.49. The van der Waals surface area contributed by atoms with Gasteiger partial charge in [0.25, 0.3) is 0 Å². The predicted molar refractivity (Wildman–Crippen MR) is 78.3 cm³/mol. The van der Waals surface area contributed by atoms with Crippen LogP contribution in [0.4, 0.5) is 19.0 Å². The molecule has 0 saturated carbocycles. The van der Waals surface area contributed by atoms with Crippen LogP contribution in [0.1, 0.15) is 17.2 Å². The number of halogens is 3. The molecule has 10 heteroatoms. The summed E-state index contributed by atoms with van der Waals surface area (Å²) in [7, 11) is 0. The molecule has 3 rings (SSSR count). The predicted octanol–water partition coefficient (Wildman–Crippen LogP) is 3.06. The van der Waals surface area contributed by atoms with Crippen molar-refractivity contribution in [3.8, 4) is 5.00 Å². The van der Waals surface area contributed by atoms with Crippen molar-refractivity contribution in [3.63, 3.8) is 0 Å². The third-order valence-electron chi connectivity index (χ3n) is 2.85. The number of nitrogens with zero attached hydrogens (tertiary/aromatic N) is 5. The van der Waals surface area contributed by atoms with Crippen molar-refractivity contribution in [2.45, 2.75) is 19.6 Å². The van der Waals surface area contributed by atoms with Crippen LogP contribution in [-0.2, 0) is 12.7 Å². The maximum absolute atomic E-state index is 12.7. The highest BCUT2D eigenvalue weighted by atomic mass is 32.1. The fourth-order valence-electron chi connectivity index (χ4n) is 1.87. The summed E-state index contributed by atoms with van der Waals surface area (Å²) in [5.41, 5.74) is -0.391. The average Bonchev–Trinajstić information content (AvgIpc) is 3.15. The molecule has 0 aliphatic heterocycles. The third-order valence-corrected chi connectivity index (χ3v) is 3.71. The van der Waals surface area contributed by atoms with E-state index in [0.717, 1.165) is 11.1 Å². The van der Waals surface area contributed by atoms with Gasteiger partial charge in [-0.15, -0.1) is 16.4 Å². The maximum atomic E-state index is 12.7. The van der Waals surface area contributed by atoms with Crippen molar-refractivity contribution in [3.05, 3.63) is 47.0 Å². The van der Waals surface area contributed by atoms with Gasteiger partial charge in [-0.3, -0.25) is 0 Å². The molecule has 0 spiro atoms. The van der Waals surface area contributed by atoms with E-state index in [4.69, 9.17) is 0 Å². The van der Waals surface area contributed by atoms with Gasteiger partial charge in [0.05, 0.1) is 12.7 Å². The normalized spacial score (nSPS) is 11.7. The minimum atomic E-state index is -4.51. The van der Waals surface area contributed by atoms with Crippen molar-refractivity contribution < 1.29 is 13.2 Å². The molecule has 0 aliphatic rings. The molecule has 0 atom stereocenters. The largest absolute Gasteiger partial charge is 0.433 e. The number of aryl methyl sites for hydroxylation is 1. The lowest BCUT2D eigenvalue weighted by Gasteiger charge is -2.09. The molecule has 0 aromatic carbocycles. The molecule has 0 fully saturated rings. The number of alkyl halides is 3. The van der Waals surface area contributed by atoms with E-state index < -0.39 is 11.9 Å².